The fourth-order valence-electron chi connectivity index (χ4n) is 1.98. The Morgan fingerprint density at radius 2 is 2.38 bits per heavy atom. The largest absolute Gasteiger partial charge is 0.365 e. The number of nitrogens with one attached hydrogen (secondary N) is 2. The Morgan fingerprint density at radius 1 is 1.50 bits per heavy atom. The molecule has 2 heterocycles. The van der Waals surface area contributed by atoms with Gasteiger partial charge in [-0.25, -0.2) is 4.98 Å². The highest BCUT2D eigenvalue weighted by Gasteiger charge is 2.13. The molecule has 3 nitrogen and oxygen atoms in total. The second-order valence-electron chi connectivity index (χ2n) is 4.33. The normalized spacial score (nSPS) is 21.5. The molecule has 1 fully saturated rings. The third-order valence-corrected chi connectivity index (χ3v) is 3.97. The SMILES string of the molecule is Cc1ccnc(NC2CCCCNC2)c1Br. The summed E-state index contributed by atoms with van der Waals surface area (Å²) in [6, 6.07) is 2.51. The maximum absolute atomic E-state index is 4.38. The average Bonchev–Trinajstić information content (AvgIpc) is 2.53. The third kappa shape index (κ3) is 2.95. The molecule has 2 N–H and O–H groups in total. The van der Waals surface area contributed by atoms with Gasteiger partial charge in [0.2, 0.25) is 0 Å². The van der Waals surface area contributed by atoms with Crippen LogP contribution in [0.3, 0.4) is 0 Å². The van der Waals surface area contributed by atoms with Gasteiger partial charge < -0.3 is 10.6 Å². The van der Waals surface area contributed by atoms with Gasteiger partial charge in [-0.1, -0.05) is 6.42 Å². The van der Waals surface area contributed by atoms with Gasteiger partial charge in [-0.15, -0.1) is 0 Å². The van der Waals surface area contributed by atoms with Crippen LogP contribution in [0.1, 0.15) is 24.8 Å². The number of aryl methyl sites for hydroxylation is 1. The van der Waals surface area contributed by atoms with E-state index in [0.717, 1.165) is 23.4 Å². The van der Waals surface area contributed by atoms with Crippen molar-refractivity contribution in [2.24, 2.45) is 0 Å². The Hall–Kier alpha value is -0.610. The van der Waals surface area contributed by atoms with E-state index in [9.17, 15) is 0 Å². The van der Waals surface area contributed by atoms with Crippen LogP contribution in [-0.2, 0) is 0 Å². The minimum absolute atomic E-state index is 0.494. The molecule has 0 saturated carbocycles. The molecule has 2 rings (SSSR count). The summed E-state index contributed by atoms with van der Waals surface area (Å²) in [6.45, 7) is 4.25. The lowest BCUT2D eigenvalue weighted by molar-refractivity contribution is 0.633. The van der Waals surface area contributed by atoms with Crippen molar-refractivity contribution >= 4 is 21.7 Å². The zero-order valence-electron chi connectivity index (χ0n) is 9.59. The number of rotatable bonds is 2. The van der Waals surface area contributed by atoms with E-state index in [2.05, 4.69) is 38.5 Å². The van der Waals surface area contributed by atoms with E-state index >= 15 is 0 Å². The topological polar surface area (TPSA) is 37.0 Å². The highest BCUT2D eigenvalue weighted by atomic mass is 79.9. The van der Waals surface area contributed by atoms with Gasteiger partial charge in [0, 0.05) is 18.8 Å². The number of hydrogen-bond donors (Lipinski definition) is 2. The fraction of sp³-hybridized carbons (Fsp3) is 0.583. The number of hydrogen-bond acceptors (Lipinski definition) is 3. The summed E-state index contributed by atoms with van der Waals surface area (Å²) in [5.74, 6) is 0.966. The molecule has 0 amide bonds. The molecule has 4 heteroatoms. The standard InChI is InChI=1S/C12H18BrN3/c1-9-5-7-15-12(11(9)13)16-10-4-2-3-6-14-8-10/h5,7,10,14H,2-4,6,8H2,1H3,(H,15,16). The molecule has 0 aliphatic carbocycles. The molecule has 1 aromatic heterocycles. The number of halogens is 1. The summed E-state index contributed by atoms with van der Waals surface area (Å²) in [7, 11) is 0. The Balaban J connectivity index is 2.04. The fourth-order valence-corrected chi connectivity index (χ4v) is 2.33. The zero-order valence-corrected chi connectivity index (χ0v) is 11.2. The van der Waals surface area contributed by atoms with Crippen LogP contribution in [0.2, 0.25) is 0 Å². The van der Waals surface area contributed by atoms with Crippen LogP contribution in [0, 0.1) is 6.92 Å². The van der Waals surface area contributed by atoms with Gasteiger partial charge in [0.1, 0.15) is 5.82 Å². The molecule has 0 spiro atoms. The van der Waals surface area contributed by atoms with Crippen molar-refractivity contribution in [1.82, 2.24) is 10.3 Å². The number of anilines is 1. The molecule has 1 atom stereocenters. The summed E-state index contributed by atoms with van der Waals surface area (Å²) >= 11 is 3.58. The predicted octanol–water partition coefficient (Wildman–Crippen LogP) is 2.71. The molecule has 1 unspecified atom stereocenters. The summed E-state index contributed by atoms with van der Waals surface area (Å²) in [4.78, 5) is 4.38. The lowest BCUT2D eigenvalue weighted by atomic mass is 10.1. The van der Waals surface area contributed by atoms with Gasteiger partial charge >= 0.3 is 0 Å². The van der Waals surface area contributed by atoms with E-state index in [4.69, 9.17) is 0 Å². The maximum atomic E-state index is 4.38. The highest BCUT2D eigenvalue weighted by molar-refractivity contribution is 9.10. The van der Waals surface area contributed by atoms with Crippen molar-refractivity contribution in [2.75, 3.05) is 18.4 Å². The Kier molecular flexibility index (Phi) is 4.18. The van der Waals surface area contributed by atoms with Gasteiger partial charge in [0.25, 0.3) is 0 Å². The molecule has 88 valence electrons. The molecule has 1 aromatic rings. The molecule has 1 aliphatic rings. The molecule has 0 bridgehead atoms. The minimum atomic E-state index is 0.494. The first-order valence-corrected chi connectivity index (χ1v) is 6.65. The third-order valence-electron chi connectivity index (χ3n) is 2.97. The van der Waals surface area contributed by atoms with Gasteiger partial charge in [-0.2, -0.15) is 0 Å². The van der Waals surface area contributed by atoms with Crippen molar-refractivity contribution in [2.45, 2.75) is 32.2 Å². The second kappa shape index (κ2) is 5.64. The maximum Gasteiger partial charge on any atom is 0.140 e. The van der Waals surface area contributed by atoms with Crippen molar-refractivity contribution < 1.29 is 0 Å². The summed E-state index contributed by atoms with van der Waals surface area (Å²) < 4.78 is 1.08. The summed E-state index contributed by atoms with van der Waals surface area (Å²) in [5, 5.41) is 6.96. The zero-order chi connectivity index (χ0) is 11.4. The number of aromatic nitrogens is 1. The average molecular weight is 284 g/mol. The Bertz CT molecular complexity index is 346. The molecule has 1 saturated heterocycles. The van der Waals surface area contributed by atoms with Crippen LogP contribution in [0.4, 0.5) is 5.82 Å². The molecule has 0 radical (unpaired) electrons. The molecule has 16 heavy (non-hydrogen) atoms. The van der Waals surface area contributed by atoms with Crippen LogP contribution >= 0.6 is 15.9 Å². The van der Waals surface area contributed by atoms with Crippen molar-refractivity contribution in [1.29, 1.82) is 0 Å². The van der Waals surface area contributed by atoms with Gasteiger partial charge in [-0.05, 0) is 53.9 Å². The van der Waals surface area contributed by atoms with Crippen LogP contribution in [0.25, 0.3) is 0 Å². The lowest BCUT2D eigenvalue weighted by Crippen LogP contribution is -2.31. The van der Waals surface area contributed by atoms with Gasteiger partial charge in [-0.3, -0.25) is 0 Å². The highest BCUT2D eigenvalue weighted by Crippen LogP contribution is 2.24. The minimum Gasteiger partial charge on any atom is -0.365 e. The first-order chi connectivity index (χ1) is 7.77. The van der Waals surface area contributed by atoms with Crippen molar-refractivity contribution in [3.8, 4) is 0 Å². The second-order valence-corrected chi connectivity index (χ2v) is 5.12. The molecular formula is C12H18BrN3. The Labute approximate surface area is 105 Å². The molecule has 1 aliphatic heterocycles. The van der Waals surface area contributed by atoms with Gasteiger partial charge in [0.05, 0.1) is 4.47 Å². The van der Waals surface area contributed by atoms with Gasteiger partial charge in [0.15, 0.2) is 0 Å². The van der Waals surface area contributed by atoms with E-state index in [1.807, 2.05) is 12.3 Å². The van der Waals surface area contributed by atoms with E-state index in [0.29, 0.717) is 6.04 Å². The van der Waals surface area contributed by atoms with Crippen LogP contribution in [0.5, 0.6) is 0 Å². The van der Waals surface area contributed by atoms with E-state index in [1.54, 1.807) is 0 Å². The van der Waals surface area contributed by atoms with Crippen LogP contribution < -0.4 is 10.6 Å². The first kappa shape index (κ1) is 11.9. The first-order valence-electron chi connectivity index (χ1n) is 5.86. The van der Waals surface area contributed by atoms with Crippen molar-refractivity contribution in [3.63, 3.8) is 0 Å². The monoisotopic (exact) mass is 283 g/mol. The summed E-state index contributed by atoms with van der Waals surface area (Å²) in [5.41, 5.74) is 1.22. The molecular weight excluding hydrogens is 266 g/mol. The van der Waals surface area contributed by atoms with Crippen LogP contribution in [-0.4, -0.2) is 24.1 Å². The number of pyridine rings is 1. The lowest BCUT2D eigenvalue weighted by Gasteiger charge is -2.18. The number of nitrogens with zero attached hydrogens (tertiary/aromatic N) is 1. The quantitative estimate of drug-likeness (QED) is 0.876. The van der Waals surface area contributed by atoms with E-state index < -0.39 is 0 Å². The van der Waals surface area contributed by atoms with Crippen molar-refractivity contribution in [3.05, 3.63) is 22.3 Å². The molecule has 0 aromatic carbocycles. The van der Waals surface area contributed by atoms with Crippen LogP contribution in [0.15, 0.2) is 16.7 Å². The van der Waals surface area contributed by atoms with E-state index in [1.165, 1.54) is 24.8 Å². The summed E-state index contributed by atoms with van der Waals surface area (Å²) in [6.07, 6.45) is 5.64. The Morgan fingerprint density at radius 3 is 3.25 bits per heavy atom. The predicted molar refractivity (Wildman–Crippen MR) is 70.8 cm³/mol. The smallest absolute Gasteiger partial charge is 0.140 e. The van der Waals surface area contributed by atoms with E-state index in [-0.39, 0.29) is 0 Å².